The Morgan fingerprint density at radius 3 is 2.78 bits per heavy atom. The third-order valence-corrected chi connectivity index (χ3v) is 2.82. The van der Waals surface area contributed by atoms with E-state index < -0.39 is 5.76 Å². The summed E-state index contributed by atoms with van der Waals surface area (Å²) in [6.07, 6.45) is 1.68. The van der Waals surface area contributed by atoms with E-state index in [0.717, 1.165) is 17.4 Å². The van der Waals surface area contributed by atoms with Crippen LogP contribution in [0.1, 0.15) is 19.8 Å². The first kappa shape index (κ1) is 12.4. The zero-order valence-electron chi connectivity index (χ0n) is 10.4. The first-order valence-electron chi connectivity index (χ1n) is 5.89. The lowest BCUT2D eigenvalue weighted by molar-refractivity contribution is 0.411. The molecule has 0 unspecified atom stereocenters. The molecule has 0 saturated carbocycles. The molecule has 0 bridgehead atoms. The second kappa shape index (κ2) is 5.08. The summed E-state index contributed by atoms with van der Waals surface area (Å²) in [5.74, 6) is -0.0643. The Labute approximate surface area is 104 Å². The number of benzene rings is 1. The highest BCUT2D eigenvalue weighted by Crippen LogP contribution is 2.16. The Bertz CT molecular complexity index is 669. The molecule has 0 aliphatic heterocycles. The molecule has 0 atom stereocenters. The first-order chi connectivity index (χ1) is 8.67. The standard InChI is InChI=1S/C13H15NO4/c1-3-4-7-14-12(15)10-6-5-9(17-2)8-11(10)18-13(14)16/h5-6,8H,3-4,7H2,1-2H3. The highest BCUT2D eigenvalue weighted by molar-refractivity contribution is 5.76. The maximum Gasteiger partial charge on any atom is 0.422 e. The number of unbranched alkanes of at least 4 members (excludes halogenated alkanes) is 1. The maximum atomic E-state index is 12.1. The van der Waals surface area contributed by atoms with Crippen molar-refractivity contribution in [2.24, 2.45) is 0 Å². The van der Waals surface area contributed by atoms with Crippen LogP contribution in [0.15, 0.2) is 32.2 Å². The van der Waals surface area contributed by atoms with Gasteiger partial charge in [0, 0.05) is 12.6 Å². The summed E-state index contributed by atoms with van der Waals surface area (Å²) in [7, 11) is 1.52. The third kappa shape index (κ3) is 2.16. The molecule has 0 spiro atoms. The van der Waals surface area contributed by atoms with Crippen LogP contribution < -0.4 is 16.1 Å². The average Bonchev–Trinajstić information content (AvgIpc) is 2.38. The van der Waals surface area contributed by atoms with Crippen LogP contribution in [-0.4, -0.2) is 11.7 Å². The molecule has 0 N–H and O–H groups in total. The maximum absolute atomic E-state index is 12.1. The number of hydrogen-bond donors (Lipinski definition) is 0. The van der Waals surface area contributed by atoms with Gasteiger partial charge in [0.2, 0.25) is 0 Å². The van der Waals surface area contributed by atoms with Gasteiger partial charge in [0.1, 0.15) is 11.3 Å². The zero-order valence-corrected chi connectivity index (χ0v) is 10.4. The molecule has 2 aromatic rings. The second-order valence-corrected chi connectivity index (χ2v) is 4.04. The van der Waals surface area contributed by atoms with Crippen molar-refractivity contribution in [2.45, 2.75) is 26.3 Å². The van der Waals surface area contributed by atoms with Gasteiger partial charge < -0.3 is 9.15 Å². The highest BCUT2D eigenvalue weighted by atomic mass is 16.5. The van der Waals surface area contributed by atoms with Crippen molar-refractivity contribution in [1.29, 1.82) is 0 Å². The van der Waals surface area contributed by atoms with Crippen LogP contribution >= 0.6 is 0 Å². The minimum atomic E-state index is -0.616. The van der Waals surface area contributed by atoms with Crippen LogP contribution in [-0.2, 0) is 6.54 Å². The molecule has 0 aliphatic rings. The fourth-order valence-corrected chi connectivity index (χ4v) is 1.78. The van der Waals surface area contributed by atoms with Crippen molar-refractivity contribution in [1.82, 2.24) is 4.57 Å². The van der Waals surface area contributed by atoms with Crippen LogP contribution in [0.5, 0.6) is 5.75 Å². The SMILES string of the molecule is CCCCn1c(=O)oc2cc(OC)ccc2c1=O. The Kier molecular flexibility index (Phi) is 3.50. The molecule has 1 aromatic carbocycles. The van der Waals surface area contributed by atoms with Gasteiger partial charge in [-0.05, 0) is 18.6 Å². The fourth-order valence-electron chi connectivity index (χ4n) is 1.78. The van der Waals surface area contributed by atoms with Crippen LogP contribution in [0, 0.1) is 0 Å². The average molecular weight is 249 g/mol. The number of ether oxygens (including phenoxy) is 1. The number of nitrogens with zero attached hydrogens (tertiary/aromatic N) is 1. The number of methoxy groups -OCH3 is 1. The summed E-state index contributed by atoms with van der Waals surface area (Å²) in [6, 6.07) is 4.83. The summed E-state index contributed by atoms with van der Waals surface area (Å²) >= 11 is 0. The van der Waals surface area contributed by atoms with E-state index in [2.05, 4.69) is 0 Å². The van der Waals surface area contributed by atoms with Gasteiger partial charge in [0.15, 0.2) is 0 Å². The van der Waals surface area contributed by atoms with E-state index in [-0.39, 0.29) is 11.1 Å². The van der Waals surface area contributed by atoms with E-state index in [4.69, 9.17) is 9.15 Å². The monoisotopic (exact) mass is 249 g/mol. The van der Waals surface area contributed by atoms with Crippen molar-refractivity contribution in [3.05, 3.63) is 39.1 Å². The summed E-state index contributed by atoms with van der Waals surface area (Å²) < 4.78 is 11.3. The van der Waals surface area contributed by atoms with Crippen LogP contribution in [0.2, 0.25) is 0 Å². The van der Waals surface area contributed by atoms with Gasteiger partial charge in [-0.25, -0.2) is 9.36 Å². The summed E-state index contributed by atoms with van der Waals surface area (Å²) in [5.41, 5.74) is -0.0468. The predicted molar refractivity (Wildman–Crippen MR) is 68.2 cm³/mol. The molecule has 18 heavy (non-hydrogen) atoms. The molecule has 1 heterocycles. The fraction of sp³-hybridized carbons (Fsp3) is 0.385. The largest absolute Gasteiger partial charge is 0.497 e. The molecule has 96 valence electrons. The number of fused-ring (bicyclic) bond motifs is 1. The molecule has 2 rings (SSSR count). The zero-order chi connectivity index (χ0) is 13.1. The molecule has 5 heteroatoms. The van der Waals surface area contributed by atoms with E-state index >= 15 is 0 Å². The van der Waals surface area contributed by atoms with E-state index in [9.17, 15) is 9.59 Å². The van der Waals surface area contributed by atoms with Crippen LogP contribution in [0.25, 0.3) is 11.0 Å². The second-order valence-electron chi connectivity index (χ2n) is 4.04. The van der Waals surface area contributed by atoms with E-state index in [1.54, 1.807) is 18.2 Å². The lowest BCUT2D eigenvalue weighted by Gasteiger charge is -2.05. The predicted octanol–water partition coefficient (Wildman–Crippen LogP) is 1.76. The topological polar surface area (TPSA) is 61.4 Å². The number of hydrogen-bond acceptors (Lipinski definition) is 4. The smallest absolute Gasteiger partial charge is 0.422 e. The molecule has 5 nitrogen and oxygen atoms in total. The van der Waals surface area contributed by atoms with Gasteiger partial charge in [-0.15, -0.1) is 0 Å². The first-order valence-corrected chi connectivity index (χ1v) is 5.89. The summed E-state index contributed by atoms with van der Waals surface area (Å²) in [4.78, 5) is 23.8. The van der Waals surface area contributed by atoms with E-state index in [0.29, 0.717) is 17.7 Å². The van der Waals surface area contributed by atoms with Gasteiger partial charge in [-0.3, -0.25) is 4.79 Å². The minimum absolute atomic E-state index is 0.261. The normalized spacial score (nSPS) is 10.8. The van der Waals surface area contributed by atoms with Crippen molar-refractivity contribution >= 4 is 11.0 Å². The minimum Gasteiger partial charge on any atom is -0.497 e. The molecular formula is C13H15NO4. The van der Waals surface area contributed by atoms with Gasteiger partial charge in [0.05, 0.1) is 12.5 Å². The molecule has 0 aliphatic carbocycles. The molecule has 0 saturated heterocycles. The molecule has 0 amide bonds. The van der Waals surface area contributed by atoms with E-state index in [1.165, 1.54) is 7.11 Å². The van der Waals surface area contributed by atoms with Crippen LogP contribution in [0.4, 0.5) is 0 Å². The molecular weight excluding hydrogens is 234 g/mol. The van der Waals surface area contributed by atoms with Crippen molar-refractivity contribution in [2.75, 3.05) is 7.11 Å². The molecule has 0 radical (unpaired) electrons. The Morgan fingerprint density at radius 1 is 1.33 bits per heavy atom. The summed E-state index contributed by atoms with van der Waals surface area (Å²) in [5, 5.41) is 0.395. The van der Waals surface area contributed by atoms with Crippen LogP contribution in [0.3, 0.4) is 0 Å². The summed E-state index contributed by atoms with van der Waals surface area (Å²) in [6.45, 7) is 2.39. The third-order valence-electron chi connectivity index (χ3n) is 2.82. The Morgan fingerprint density at radius 2 is 2.11 bits per heavy atom. The Hall–Kier alpha value is -2.04. The lowest BCUT2D eigenvalue weighted by atomic mass is 10.2. The van der Waals surface area contributed by atoms with Gasteiger partial charge in [-0.2, -0.15) is 0 Å². The van der Waals surface area contributed by atoms with Gasteiger partial charge in [-0.1, -0.05) is 13.3 Å². The van der Waals surface area contributed by atoms with E-state index in [1.807, 2.05) is 6.92 Å². The lowest BCUT2D eigenvalue weighted by Crippen LogP contribution is -2.32. The van der Waals surface area contributed by atoms with Crippen molar-refractivity contribution in [3.8, 4) is 5.75 Å². The van der Waals surface area contributed by atoms with Gasteiger partial charge >= 0.3 is 5.76 Å². The quantitative estimate of drug-likeness (QED) is 0.828. The highest BCUT2D eigenvalue weighted by Gasteiger charge is 2.09. The van der Waals surface area contributed by atoms with Gasteiger partial charge in [0.25, 0.3) is 5.56 Å². The Balaban J connectivity index is 2.64. The molecule has 0 fully saturated rings. The van der Waals surface area contributed by atoms with Crippen molar-refractivity contribution < 1.29 is 9.15 Å². The van der Waals surface area contributed by atoms with Crippen molar-refractivity contribution in [3.63, 3.8) is 0 Å². The number of rotatable bonds is 4. The number of aromatic nitrogens is 1. The molecule has 1 aromatic heterocycles.